The van der Waals surface area contributed by atoms with Crippen LogP contribution in [0.3, 0.4) is 0 Å². The maximum Gasteiger partial charge on any atom is 0.472 e. The third-order valence-electron chi connectivity index (χ3n) is 13.3. The van der Waals surface area contributed by atoms with Crippen LogP contribution < -0.4 is 0 Å². The summed E-state index contributed by atoms with van der Waals surface area (Å²) >= 11 is 0. The van der Waals surface area contributed by atoms with E-state index in [1.165, 1.54) is 57.8 Å². The van der Waals surface area contributed by atoms with E-state index in [1.807, 2.05) is 0 Å². The minimum atomic E-state index is -4.95. The van der Waals surface area contributed by atoms with E-state index in [-0.39, 0.29) is 25.7 Å². The van der Waals surface area contributed by atoms with Crippen molar-refractivity contribution in [3.8, 4) is 0 Å². The maximum atomic E-state index is 12.9. The number of phosphoric ester groups is 2. The molecule has 0 aliphatic carbocycles. The molecule has 0 heterocycles. The van der Waals surface area contributed by atoms with Gasteiger partial charge in [0.25, 0.3) is 0 Å². The van der Waals surface area contributed by atoms with E-state index in [1.54, 1.807) is 0 Å². The van der Waals surface area contributed by atoms with Gasteiger partial charge in [0, 0.05) is 25.7 Å². The second kappa shape index (κ2) is 52.6. The molecular weight excluding hydrogens is 1040 g/mol. The minimum absolute atomic E-state index is 0.0839. The van der Waals surface area contributed by atoms with Crippen LogP contribution in [0.1, 0.15) is 266 Å². The first-order valence-electron chi connectivity index (χ1n) is 30.5. The van der Waals surface area contributed by atoms with Crippen molar-refractivity contribution in [2.45, 2.75) is 284 Å². The van der Waals surface area contributed by atoms with E-state index in [4.69, 9.17) is 37.0 Å². The number of carbonyl (C=O) groups excluding carboxylic acids is 4. The molecule has 0 spiro atoms. The van der Waals surface area contributed by atoms with E-state index in [2.05, 4.69) is 58.9 Å². The van der Waals surface area contributed by atoms with Crippen LogP contribution in [0.15, 0.2) is 24.3 Å². The quantitative estimate of drug-likeness (QED) is 0.0169. The number of hydrogen-bond acceptors (Lipinski definition) is 15. The second-order valence-corrected chi connectivity index (χ2v) is 23.8. The summed E-state index contributed by atoms with van der Waals surface area (Å²) in [5.74, 6) is -1.46. The van der Waals surface area contributed by atoms with Gasteiger partial charge >= 0.3 is 39.5 Å². The highest BCUT2D eigenvalue weighted by Gasteiger charge is 2.30. The third kappa shape index (κ3) is 51.7. The molecule has 17 nitrogen and oxygen atoms in total. The summed E-state index contributed by atoms with van der Waals surface area (Å²) in [6.07, 6.45) is 37.5. The van der Waals surface area contributed by atoms with Gasteiger partial charge in [-0.3, -0.25) is 37.3 Å². The number of allylic oxidation sites excluding steroid dienone is 4. The van der Waals surface area contributed by atoms with Crippen LogP contribution in [-0.4, -0.2) is 96.7 Å². The Morgan fingerprint density at radius 3 is 1.09 bits per heavy atom. The van der Waals surface area contributed by atoms with Crippen molar-refractivity contribution in [1.29, 1.82) is 0 Å². The van der Waals surface area contributed by atoms with Gasteiger partial charge in [0.15, 0.2) is 12.2 Å². The molecule has 0 saturated heterocycles. The Labute approximate surface area is 472 Å². The molecule has 0 aromatic rings. The Kier molecular flexibility index (Phi) is 50.9. The van der Waals surface area contributed by atoms with Crippen molar-refractivity contribution in [1.82, 2.24) is 0 Å². The maximum absolute atomic E-state index is 12.9. The van der Waals surface area contributed by atoms with Gasteiger partial charge < -0.3 is 33.8 Å². The lowest BCUT2D eigenvalue weighted by Crippen LogP contribution is -2.30. The van der Waals surface area contributed by atoms with Crippen LogP contribution in [0, 0.1) is 5.92 Å². The first kappa shape index (κ1) is 75.5. The van der Waals surface area contributed by atoms with Crippen molar-refractivity contribution in [2.75, 3.05) is 39.6 Å². The van der Waals surface area contributed by atoms with Gasteiger partial charge in [0.2, 0.25) is 0 Å². The summed E-state index contributed by atoms with van der Waals surface area (Å²) in [4.78, 5) is 71.6. The largest absolute Gasteiger partial charge is 0.472 e. The summed E-state index contributed by atoms with van der Waals surface area (Å²) in [5.41, 5.74) is 0. The third-order valence-corrected chi connectivity index (χ3v) is 15.2. The molecule has 3 N–H and O–H groups in total. The molecule has 3 unspecified atom stereocenters. The monoisotopic (exact) mass is 1150 g/mol. The Morgan fingerprint density at radius 1 is 0.410 bits per heavy atom. The number of ether oxygens (including phenoxy) is 4. The van der Waals surface area contributed by atoms with Crippen molar-refractivity contribution in [2.24, 2.45) is 5.92 Å². The number of unbranched alkanes of at least 4 members (excludes halogenated alkanes) is 25. The standard InChI is InChI=1S/C59H110O17P2/c1-6-10-13-16-18-20-21-22-23-24-25-26-28-35-40-45-59(64)76-55(49-70-57(62)43-38-33-30-29-32-36-41-52(5)9-4)51-74-78(67,68)72-47-53(60)46-71-77(65,66)73-50-54(48-69-56(61)42-37-31-15-12-8-3)75-58(63)44-39-34-27-19-17-14-11-7-2/h20-23,52-55,60H,6-19,24-51H2,1-5H3,(H,65,66)(H,67,68)/b21-20-,23-22-/t52?,53-,54+,55+/m0/s1. The Morgan fingerprint density at radius 2 is 0.718 bits per heavy atom. The molecule has 0 aromatic heterocycles. The minimum Gasteiger partial charge on any atom is -0.462 e. The molecule has 0 rings (SSSR count). The highest BCUT2D eigenvalue weighted by molar-refractivity contribution is 7.47. The molecule has 0 aliphatic heterocycles. The van der Waals surface area contributed by atoms with Gasteiger partial charge in [0.05, 0.1) is 26.4 Å². The number of esters is 4. The predicted molar refractivity (Wildman–Crippen MR) is 307 cm³/mol. The fraction of sp³-hybridized carbons (Fsp3) is 0.864. The summed E-state index contributed by atoms with van der Waals surface area (Å²) in [6.45, 7) is 6.92. The molecule has 0 aliphatic rings. The zero-order valence-electron chi connectivity index (χ0n) is 49.3. The summed E-state index contributed by atoms with van der Waals surface area (Å²) in [7, 11) is -9.88. The average Bonchev–Trinajstić information content (AvgIpc) is 3.41. The van der Waals surface area contributed by atoms with Crippen molar-refractivity contribution >= 4 is 39.5 Å². The van der Waals surface area contributed by atoms with Crippen LogP contribution in [0.25, 0.3) is 0 Å². The average molecular weight is 1150 g/mol. The fourth-order valence-corrected chi connectivity index (χ4v) is 9.70. The number of phosphoric acid groups is 2. The lowest BCUT2D eigenvalue weighted by Gasteiger charge is -2.21. The zero-order chi connectivity index (χ0) is 57.8. The molecule has 78 heavy (non-hydrogen) atoms. The lowest BCUT2D eigenvalue weighted by atomic mass is 10.00. The summed E-state index contributed by atoms with van der Waals surface area (Å²) in [5, 5.41) is 10.5. The molecule has 0 saturated carbocycles. The Hall–Kier alpha value is -2.46. The molecule has 6 atom stereocenters. The number of rotatable bonds is 57. The molecule has 0 amide bonds. The summed E-state index contributed by atoms with van der Waals surface area (Å²) < 4.78 is 67.5. The highest BCUT2D eigenvalue weighted by Crippen LogP contribution is 2.45. The van der Waals surface area contributed by atoms with E-state index >= 15 is 0 Å². The van der Waals surface area contributed by atoms with Gasteiger partial charge in [-0.25, -0.2) is 9.13 Å². The normalized spacial score (nSPS) is 14.9. The summed E-state index contributed by atoms with van der Waals surface area (Å²) in [6, 6.07) is 0. The first-order chi connectivity index (χ1) is 37.6. The van der Waals surface area contributed by atoms with Crippen LogP contribution in [0.2, 0.25) is 0 Å². The van der Waals surface area contributed by atoms with E-state index < -0.39 is 97.5 Å². The SMILES string of the molecule is CCCCCC/C=C\C=C/CCCCCCCC(=O)O[C@H](COC(=O)CCCCCCCCC(C)CC)COP(=O)(O)OC[C@@H](O)COP(=O)(O)OC[C@@H](COC(=O)CCCCCCC)OC(=O)CCCCCCCCCC. The molecule has 0 fully saturated rings. The molecule has 0 radical (unpaired) electrons. The number of carbonyl (C=O) groups is 4. The Bertz CT molecular complexity index is 1630. The number of aliphatic hydroxyl groups excluding tert-OH is 1. The molecule has 0 bridgehead atoms. The van der Waals surface area contributed by atoms with Crippen LogP contribution >= 0.6 is 15.6 Å². The number of hydrogen-bond donors (Lipinski definition) is 3. The molecular formula is C59H110O17P2. The van der Waals surface area contributed by atoms with Crippen LogP contribution in [0.4, 0.5) is 0 Å². The smallest absolute Gasteiger partial charge is 0.462 e. The lowest BCUT2D eigenvalue weighted by molar-refractivity contribution is -0.161. The van der Waals surface area contributed by atoms with Gasteiger partial charge in [0.1, 0.15) is 19.3 Å². The van der Waals surface area contributed by atoms with Crippen molar-refractivity contribution in [3.63, 3.8) is 0 Å². The highest BCUT2D eigenvalue weighted by atomic mass is 31.2. The predicted octanol–water partition coefficient (Wildman–Crippen LogP) is 15.4. The van der Waals surface area contributed by atoms with Gasteiger partial charge in [-0.2, -0.15) is 0 Å². The Balaban J connectivity index is 5.21. The van der Waals surface area contributed by atoms with Crippen molar-refractivity contribution in [3.05, 3.63) is 24.3 Å². The molecule has 0 aromatic carbocycles. The van der Waals surface area contributed by atoms with Crippen LogP contribution in [0.5, 0.6) is 0 Å². The van der Waals surface area contributed by atoms with E-state index in [0.29, 0.717) is 25.7 Å². The van der Waals surface area contributed by atoms with E-state index in [0.717, 1.165) is 128 Å². The van der Waals surface area contributed by atoms with Gasteiger partial charge in [-0.15, -0.1) is 0 Å². The molecule has 19 heteroatoms. The van der Waals surface area contributed by atoms with Crippen LogP contribution in [-0.2, 0) is 65.4 Å². The number of aliphatic hydroxyl groups is 1. The van der Waals surface area contributed by atoms with Gasteiger partial charge in [-0.05, 0) is 57.3 Å². The van der Waals surface area contributed by atoms with Crippen molar-refractivity contribution < 1.29 is 80.2 Å². The zero-order valence-corrected chi connectivity index (χ0v) is 51.1. The fourth-order valence-electron chi connectivity index (χ4n) is 8.13. The second-order valence-electron chi connectivity index (χ2n) is 20.9. The van der Waals surface area contributed by atoms with Gasteiger partial charge in [-0.1, -0.05) is 213 Å². The first-order valence-corrected chi connectivity index (χ1v) is 33.5. The van der Waals surface area contributed by atoms with E-state index in [9.17, 15) is 43.2 Å². The topological polar surface area (TPSA) is 237 Å². The molecule has 458 valence electrons.